The molecule has 2 amide bonds. The van der Waals surface area contributed by atoms with Gasteiger partial charge in [-0.25, -0.2) is 9.82 Å². The second kappa shape index (κ2) is 9.91. The first-order chi connectivity index (χ1) is 16.4. The number of carbonyl (C=O) groups excluding carboxylic acids is 2. The molecule has 0 bridgehead atoms. The van der Waals surface area contributed by atoms with Crippen LogP contribution in [0, 0.1) is 12.7 Å². The minimum atomic E-state index is -0.430. The second-order valence-electron chi connectivity index (χ2n) is 7.50. The van der Waals surface area contributed by atoms with Gasteiger partial charge in [0.25, 0.3) is 11.8 Å². The highest BCUT2D eigenvalue weighted by molar-refractivity contribution is 6.05. The lowest BCUT2D eigenvalue weighted by Crippen LogP contribution is -2.20. The van der Waals surface area contributed by atoms with Gasteiger partial charge in [0.15, 0.2) is 0 Å². The van der Waals surface area contributed by atoms with Crippen LogP contribution in [0.3, 0.4) is 0 Å². The SMILES string of the molecule is CC(=NNC(=O)c1c(-c2ccccc2)noc1C)c1ccc(NC(=O)c2ccc(F)cc2)cc1. The maximum Gasteiger partial charge on any atom is 0.277 e. The molecule has 8 heteroatoms. The molecule has 1 aromatic heterocycles. The van der Waals surface area contributed by atoms with E-state index in [1.807, 2.05) is 30.3 Å². The number of anilines is 1. The van der Waals surface area contributed by atoms with Crippen LogP contribution in [-0.2, 0) is 0 Å². The van der Waals surface area contributed by atoms with Crippen LogP contribution >= 0.6 is 0 Å². The third-order valence-electron chi connectivity index (χ3n) is 5.13. The molecule has 0 saturated carbocycles. The molecule has 3 aromatic carbocycles. The summed E-state index contributed by atoms with van der Waals surface area (Å²) in [7, 11) is 0. The van der Waals surface area contributed by atoms with Gasteiger partial charge in [0.05, 0.1) is 5.71 Å². The van der Waals surface area contributed by atoms with Crippen LogP contribution in [-0.4, -0.2) is 22.7 Å². The molecular formula is C26H21FN4O3. The molecule has 7 nitrogen and oxygen atoms in total. The summed E-state index contributed by atoms with van der Waals surface area (Å²) in [5, 5.41) is 11.0. The van der Waals surface area contributed by atoms with Gasteiger partial charge in [-0.1, -0.05) is 47.6 Å². The van der Waals surface area contributed by atoms with Crippen LogP contribution in [0.1, 0.15) is 39.0 Å². The summed E-state index contributed by atoms with van der Waals surface area (Å²) < 4.78 is 18.3. The number of amides is 2. The second-order valence-corrected chi connectivity index (χ2v) is 7.50. The van der Waals surface area contributed by atoms with Gasteiger partial charge in [0, 0.05) is 16.8 Å². The Morgan fingerprint density at radius 1 is 0.882 bits per heavy atom. The molecule has 0 unspecified atom stereocenters. The van der Waals surface area contributed by atoms with E-state index in [2.05, 4.69) is 21.0 Å². The molecule has 0 aliphatic heterocycles. The zero-order valence-electron chi connectivity index (χ0n) is 18.5. The van der Waals surface area contributed by atoms with Crippen LogP contribution in [0.15, 0.2) is 88.5 Å². The lowest BCUT2D eigenvalue weighted by atomic mass is 10.1. The molecule has 0 fully saturated rings. The third kappa shape index (κ3) is 5.07. The lowest BCUT2D eigenvalue weighted by molar-refractivity contribution is 0.0953. The number of halogens is 1. The summed E-state index contributed by atoms with van der Waals surface area (Å²) in [6, 6.07) is 21.6. The molecule has 0 saturated heterocycles. The van der Waals surface area contributed by atoms with Crippen molar-refractivity contribution in [2.45, 2.75) is 13.8 Å². The Balaban J connectivity index is 1.43. The Morgan fingerprint density at radius 2 is 1.53 bits per heavy atom. The van der Waals surface area contributed by atoms with E-state index in [4.69, 9.17) is 4.52 Å². The smallest absolute Gasteiger partial charge is 0.277 e. The number of hydrogen-bond acceptors (Lipinski definition) is 5. The van der Waals surface area contributed by atoms with Crippen molar-refractivity contribution in [1.82, 2.24) is 10.6 Å². The molecule has 4 rings (SSSR count). The first-order valence-electron chi connectivity index (χ1n) is 10.5. The van der Waals surface area contributed by atoms with Crippen LogP contribution in [0.2, 0.25) is 0 Å². The van der Waals surface area contributed by atoms with Crippen molar-refractivity contribution in [2.75, 3.05) is 5.32 Å². The van der Waals surface area contributed by atoms with Crippen molar-refractivity contribution in [3.8, 4) is 11.3 Å². The van der Waals surface area contributed by atoms with Crippen molar-refractivity contribution < 1.29 is 18.5 Å². The number of carbonyl (C=O) groups is 2. The largest absolute Gasteiger partial charge is 0.360 e. The number of nitrogens with zero attached hydrogens (tertiary/aromatic N) is 2. The van der Waals surface area contributed by atoms with Gasteiger partial charge < -0.3 is 9.84 Å². The summed E-state index contributed by atoms with van der Waals surface area (Å²) >= 11 is 0. The molecule has 0 aliphatic rings. The van der Waals surface area contributed by atoms with E-state index in [9.17, 15) is 14.0 Å². The summed E-state index contributed by atoms with van der Waals surface area (Å²) in [6.45, 7) is 3.43. The topological polar surface area (TPSA) is 96.6 Å². The van der Waals surface area contributed by atoms with Crippen LogP contribution in [0.5, 0.6) is 0 Å². The minimum Gasteiger partial charge on any atom is -0.360 e. The van der Waals surface area contributed by atoms with E-state index >= 15 is 0 Å². The number of benzene rings is 3. The normalized spacial score (nSPS) is 11.2. The highest BCUT2D eigenvalue weighted by Crippen LogP contribution is 2.25. The number of hydrogen-bond donors (Lipinski definition) is 2. The van der Waals surface area contributed by atoms with Gasteiger partial charge >= 0.3 is 0 Å². The molecule has 0 aliphatic carbocycles. The molecule has 170 valence electrons. The maximum absolute atomic E-state index is 13.0. The molecule has 2 N–H and O–H groups in total. The Labute approximate surface area is 195 Å². The first-order valence-corrected chi connectivity index (χ1v) is 10.5. The van der Waals surface area contributed by atoms with Gasteiger partial charge in [-0.3, -0.25) is 9.59 Å². The standard InChI is InChI=1S/C26H21FN4O3/c1-16(18-10-14-22(15-11-18)28-25(32)20-8-12-21(27)13-9-20)29-30-26(33)23-17(2)34-31-24(23)19-6-4-3-5-7-19/h3-15H,1-2H3,(H,28,32)(H,30,33). The van der Waals surface area contributed by atoms with Gasteiger partial charge in [-0.2, -0.15) is 5.10 Å². The van der Waals surface area contributed by atoms with Crippen molar-refractivity contribution in [1.29, 1.82) is 0 Å². The molecular weight excluding hydrogens is 435 g/mol. The van der Waals surface area contributed by atoms with E-state index in [-0.39, 0.29) is 5.91 Å². The quantitative estimate of drug-likeness (QED) is 0.308. The number of aromatic nitrogens is 1. The van der Waals surface area contributed by atoms with E-state index in [0.29, 0.717) is 34.0 Å². The van der Waals surface area contributed by atoms with Crippen molar-refractivity contribution >= 4 is 23.2 Å². The highest BCUT2D eigenvalue weighted by Gasteiger charge is 2.21. The number of hydrazone groups is 1. The predicted octanol–water partition coefficient (Wildman–Crippen LogP) is 5.20. The molecule has 34 heavy (non-hydrogen) atoms. The average Bonchev–Trinajstić information content (AvgIpc) is 3.25. The van der Waals surface area contributed by atoms with Gasteiger partial charge in [-0.15, -0.1) is 0 Å². The highest BCUT2D eigenvalue weighted by atomic mass is 19.1. The molecule has 4 aromatic rings. The average molecular weight is 456 g/mol. The van der Waals surface area contributed by atoms with E-state index in [1.54, 1.807) is 38.1 Å². The predicted molar refractivity (Wildman–Crippen MR) is 127 cm³/mol. The fourth-order valence-electron chi connectivity index (χ4n) is 3.29. The van der Waals surface area contributed by atoms with Crippen molar-refractivity contribution in [2.24, 2.45) is 5.10 Å². The number of aryl methyl sites for hydroxylation is 1. The fourth-order valence-corrected chi connectivity index (χ4v) is 3.29. The van der Waals surface area contributed by atoms with Gasteiger partial charge in [-0.05, 0) is 55.8 Å². The van der Waals surface area contributed by atoms with E-state index < -0.39 is 11.7 Å². The van der Waals surface area contributed by atoms with Crippen molar-refractivity contribution in [3.05, 3.63) is 107 Å². The first kappa shape index (κ1) is 22.6. The number of nitrogens with one attached hydrogen (secondary N) is 2. The van der Waals surface area contributed by atoms with Crippen LogP contribution in [0.4, 0.5) is 10.1 Å². The zero-order valence-corrected chi connectivity index (χ0v) is 18.5. The third-order valence-corrected chi connectivity index (χ3v) is 5.13. The van der Waals surface area contributed by atoms with Crippen molar-refractivity contribution in [3.63, 3.8) is 0 Å². The molecule has 1 heterocycles. The fraction of sp³-hybridized carbons (Fsp3) is 0.0769. The summed E-state index contributed by atoms with van der Waals surface area (Å²) in [5.74, 6) is -0.785. The van der Waals surface area contributed by atoms with Gasteiger partial charge in [0.1, 0.15) is 22.8 Å². The molecule has 0 radical (unpaired) electrons. The van der Waals surface area contributed by atoms with Gasteiger partial charge in [0.2, 0.25) is 0 Å². The Hall–Kier alpha value is -4.59. The Morgan fingerprint density at radius 3 is 2.21 bits per heavy atom. The lowest BCUT2D eigenvalue weighted by Gasteiger charge is -2.07. The van der Waals surface area contributed by atoms with Crippen LogP contribution in [0.25, 0.3) is 11.3 Å². The Bertz CT molecular complexity index is 1350. The zero-order chi connectivity index (χ0) is 24.1. The van der Waals surface area contributed by atoms with E-state index in [1.165, 1.54) is 24.3 Å². The summed E-state index contributed by atoms with van der Waals surface area (Å²) in [4.78, 5) is 25.1. The summed E-state index contributed by atoms with van der Waals surface area (Å²) in [5.41, 5.74) is 6.34. The molecule has 0 spiro atoms. The van der Waals surface area contributed by atoms with Crippen LogP contribution < -0.4 is 10.7 Å². The monoisotopic (exact) mass is 456 g/mol. The number of rotatable bonds is 6. The summed E-state index contributed by atoms with van der Waals surface area (Å²) in [6.07, 6.45) is 0. The maximum atomic E-state index is 13.0. The molecule has 0 atom stereocenters. The van der Waals surface area contributed by atoms with E-state index in [0.717, 1.165) is 11.1 Å². The Kier molecular flexibility index (Phi) is 6.59. The minimum absolute atomic E-state index is 0.321.